The monoisotopic (exact) mass is 317 g/mol. The van der Waals surface area contributed by atoms with Crippen molar-refractivity contribution < 1.29 is 9.45 Å². The first-order valence-corrected chi connectivity index (χ1v) is 5.52. The lowest BCUT2D eigenvalue weighted by Gasteiger charge is -1.98. The first-order chi connectivity index (χ1) is 7.99. The van der Waals surface area contributed by atoms with Crippen LogP contribution in [0, 0.1) is 10.1 Å². The molecule has 1 aromatic carbocycles. The first kappa shape index (κ1) is 11.9. The Labute approximate surface area is 109 Å². The number of hydrogen-bond acceptors (Lipinski definition) is 5. The topological polar surface area (TPSA) is 95.2 Å². The Balaban J connectivity index is 2.60. The molecule has 17 heavy (non-hydrogen) atoms. The van der Waals surface area contributed by atoms with E-state index in [1.807, 2.05) is 0 Å². The van der Waals surface area contributed by atoms with Gasteiger partial charge in [0.15, 0.2) is 11.6 Å². The minimum Gasteiger partial charge on any atom is -0.380 e. The molecule has 0 unspecified atom stereocenters. The maximum absolute atomic E-state index is 10.7. The lowest BCUT2D eigenvalue weighted by atomic mass is 10.1. The second-order valence-corrected chi connectivity index (χ2v) is 4.40. The van der Waals surface area contributed by atoms with Gasteiger partial charge in [-0.2, -0.15) is 0 Å². The fraction of sp³-hybridized carbons (Fsp3) is 0. The van der Waals surface area contributed by atoms with Gasteiger partial charge < -0.3 is 10.3 Å². The van der Waals surface area contributed by atoms with Crippen molar-refractivity contribution in [3.05, 3.63) is 37.8 Å². The molecule has 0 saturated carbocycles. The summed E-state index contributed by atoms with van der Waals surface area (Å²) in [5, 5.41) is 14.5. The fourth-order valence-electron chi connectivity index (χ4n) is 1.28. The van der Waals surface area contributed by atoms with E-state index in [0.29, 0.717) is 15.8 Å². The summed E-state index contributed by atoms with van der Waals surface area (Å²) in [6, 6.07) is 4.11. The van der Waals surface area contributed by atoms with E-state index >= 15 is 0 Å². The Kier molecular flexibility index (Phi) is 3.03. The lowest BCUT2D eigenvalue weighted by molar-refractivity contribution is -0.384. The molecule has 0 amide bonds. The Morgan fingerprint density at radius 1 is 1.47 bits per heavy atom. The Morgan fingerprint density at radius 2 is 2.18 bits per heavy atom. The van der Waals surface area contributed by atoms with Crippen LogP contribution in [0.5, 0.6) is 0 Å². The molecule has 0 saturated heterocycles. The third kappa shape index (κ3) is 2.25. The Bertz CT molecular complexity index is 599. The molecule has 0 bridgehead atoms. The van der Waals surface area contributed by atoms with Crippen molar-refractivity contribution in [1.29, 1.82) is 0 Å². The van der Waals surface area contributed by atoms with E-state index in [4.69, 9.17) is 21.9 Å². The zero-order valence-corrected chi connectivity index (χ0v) is 10.5. The van der Waals surface area contributed by atoms with Gasteiger partial charge in [-0.05, 0) is 22.0 Å². The summed E-state index contributed by atoms with van der Waals surface area (Å²) in [7, 11) is 0. The molecule has 0 aliphatic rings. The highest BCUT2D eigenvalue weighted by Crippen LogP contribution is 2.35. The predicted octanol–water partition coefficient (Wildman–Crippen LogP) is 3.25. The summed E-state index contributed by atoms with van der Waals surface area (Å²) in [5.74, 6) is 0.468. The maximum Gasteiger partial charge on any atom is 0.271 e. The number of nitrogen functional groups attached to an aromatic ring is 1. The SMILES string of the molecule is Nc1noc(-c2cc(Cl)cc([N+](=O)[O-])c2)c1Br. The van der Waals surface area contributed by atoms with Crippen LogP contribution < -0.4 is 5.73 Å². The molecule has 0 atom stereocenters. The quantitative estimate of drug-likeness (QED) is 0.677. The van der Waals surface area contributed by atoms with Gasteiger partial charge in [0.05, 0.1) is 4.92 Å². The third-order valence-electron chi connectivity index (χ3n) is 2.02. The summed E-state index contributed by atoms with van der Waals surface area (Å²) in [5.41, 5.74) is 5.80. The van der Waals surface area contributed by atoms with E-state index in [-0.39, 0.29) is 16.5 Å². The molecule has 1 heterocycles. The van der Waals surface area contributed by atoms with E-state index in [1.165, 1.54) is 18.2 Å². The van der Waals surface area contributed by atoms with Crippen molar-refractivity contribution in [2.45, 2.75) is 0 Å². The van der Waals surface area contributed by atoms with Gasteiger partial charge in [0, 0.05) is 22.7 Å². The average Bonchev–Trinajstić information content (AvgIpc) is 2.59. The highest BCUT2D eigenvalue weighted by atomic mass is 79.9. The van der Waals surface area contributed by atoms with Gasteiger partial charge in [0.1, 0.15) is 4.47 Å². The minimum absolute atomic E-state index is 0.130. The van der Waals surface area contributed by atoms with Crippen LogP contribution in [-0.2, 0) is 0 Å². The first-order valence-electron chi connectivity index (χ1n) is 4.35. The molecule has 1 aromatic heterocycles. The molecule has 6 nitrogen and oxygen atoms in total. The smallest absolute Gasteiger partial charge is 0.271 e. The number of nitro benzene ring substituents is 1. The van der Waals surface area contributed by atoms with E-state index in [0.717, 1.165) is 0 Å². The Morgan fingerprint density at radius 3 is 2.71 bits per heavy atom. The van der Waals surface area contributed by atoms with E-state index in [2.05, 4.69) is 21.1 Å². The van der Waals surface area contributed by atoms with Gasteiger partial charge in [-0.25, -0.2) is 0 Å². The maximum atomic E-state index is 10.7. The molecule has 88 valence electrons. The summed E-state index contributed by atoms with van der Waals surface area (Å²) in [6.07, 6.45) is 0. The van der Waals surface area contributed by atoms with E-state index in [1.54, 1.807) is 0 Å². The number of aromatic nitrogens is 1. The zero-order valence-electron chi connectivity index (χ0n) is 8.18. The molecule has 0 spiro atoms. The van der Waals surface area contributed by atoms with Crippen molar-refractivity contribution in [2.75, 3.05) is 5.73 Å². The summed E-state index contributed by atoms with van der Waals surface area (Å²) < 4.78 is 5.41. The van der Waals surface area contributed by atoms with E-state index < -0.39 is 4.92 Å². The third-order valence-corrected chi connectivity index (χ3v) is 3.00. The fourth-order valence-corrected chi connectivity index (χ4v) is 1.88. The summed E-state index contributed by atoms with van der Waals surface area (Å²) >= 11 is 8.97. The van der Waals surface area contributed by atoms with Gasteiger partial charge in [0.2, 0.25) is 0 Å². The molecule has 2 N–H and O–H groups in total. The molecule has 8 heteroatoms. The average molecular weight is 319 g/mol. The number of nitrogens with zero attached hydrogens (tertiary/aromatic N) is 2. The van der Waals surface area contributed by atoms with Gasteiger partial charge in [-0.1, -0.05) is 16.8 Å². The number of anilines is 1. The highest BCUT2D eigenvalue weighted by Gasteiger charge is 2.17. The summed E-state index contributed by atoms with van der Waals surface area (Å²) in [6.45, 7) is 0. The van der Waals surface area contributed by atoms with Crippen LogP contribution >= 0.6 is 27.5 Å². The van der Waals surface area contributed by atoms with Crippen molar-refractivity contribution in [3.8, 4) is 11.3 Å². The molecule has 2 rings (SSSR count). The molecule has 2 aromatic rings. The summed E-state index contributed by atoms with van der Waals surface area (Å²) in [4.78, 5) is 10.2. The van der Waals surface area contributed by atoms with Crippen LogP contribution in [0.2, 0.25) is 5.02 Å². The Hall–Kier alpha value is -1.60. The number of halogens is 2. The van der Waals surface area contributed by atoms with Crippen LogP contribution in [0.25, 0.3) is 11.3 Å². The van der Waals surface area contributed by atoms with Gasteiger partial charge in [-0.3, -0.25) is 10.1 Å². The van der Waals surface area contributed by atoms with Gasteiger partial charge in [-0.15, -0.1) is 0 Å². The second-order valence-electron chi connectivity index (χ2n) is 3.17. The van der Waals surface area contributed by atoms with Crippen LogP contribution in [0.4, 0.5) is 11.5 Å². The zero-order chi connectivity index (χ0) is 12.6. The number of non-ortho nitro benzene ring substituents is 1. The molecule has 0 radical (unpaired) electrons. The second kappa shape index (κ2) is 4.34. The van der Waals surface area contributed by atoms with Crippen molar-refractivity contribution in [1.82, 2.24) is 5.16 Å². The van der Waals surface area contributed by atoms with Crippen LogP contribution in [-0.4, -0.2) is 10.1 Å². The molecule has 0 aliphatic carbocycles. The number of hydrogen-bond donors (Lipinski definition) is 1. The van der Waals surface area contributed by atoms with E-state index in [9.17, 15) is 10.1 Å². The lowest BCUT2D eigenvalue weighted by Crippen LogP contribution is -1.89. The largest absolute Gasteiger partial charge is 0.380 e. The highest BCUT2D eigenvalue weighted by molar-refractivity contribution is 9.10. The molecule has 0 fully saturated rings. The number of benzene rings is 1. The number of rotatable bonds is 2. The predicted molar refractivity (Wildman–Crippen MR) is 65.7 cm³/mol. The van der Waals surface area contributed by atoms with Crippen LogP contribution in [0.1, 0.15) is 0 Å². The number of nitro groups is 1. The molecular weight excluding hydrogens is 313 g/mol. The van der Waals surface area contributed by atoms with Crippen molar-refractivity contribution in [3.63, 3.8) is 0 Å². The van der Waals surface area contributed by atoms with Crippen molar-refractivity contribution >= 4 is 39.0 Å². The van der Waals surface area contributed by atoms with Gasteiger partial charge >= 0.3 is 0 Å². The van der Waals surface area contributed by atoms with Crippen molar-refractivity contribution in [2.24, 2.45) is 0 Å². The van der Waals surface area contributed by atoms with Crippen LogP contribution in [0.3, 0.4) is 0 Å². The number of nitrogens with two attached hydrogens (primary N) is 1. The molecular formula is C9H5BrClN3O3. The van der Waals surface area contributed by atoms with Gasteiger partial charge in [0.25, 0.3) is 5.69 Å². The minimum atomic E-state index is -0.539. The standard InChI is InChI=1S/C9H5BrClN3O3/c10-7-8(17-13-9(7)12)4-1-5(11)3-6(2-4)14(15)16/h1-3H,(H2,12,13). The van der Waals surface area contributed by atoms with Crippen LogP contribution in [0.15, 0.2) is 27.2 Å². The normalized spacial score (nSPS) is 10.5. The molecule has 0 aliphatic heterocycles.